The van der Waals surface area contributed by atoms with E-state index in [-0.39, 0.29) is 5.91 Å². The molecule has 1 fully saturated rings. The first-order valence-electron chi connectivity index (χ1n) is 11.5. The molecule has 0 unspecified atom stereocenters. The van der Waals surface area contributed by atoms with Gasteiger partial charge in [-0.15, -0.1) is 11.3 Å². The van der Waals surface area contributed by atoms with Crippen molar-refractivity contribution in [2.45, 2.75) is 36.3 Å². The number of benzene rings is 2. The number of anilines is 1. The van der Waals surface area contributed by atoms with Crippen LogP contribution in [-0.4, -0.2) is 47.7 Å². The number of aliphatic hydroxyl groups is 1. The van der Waals surface area contributed by atoms with Crippen LogP contribution in [0.3, 0.4) is 0 Å². The van der Waals surface area contributed by atoms with Gasteiger partial charge in [0.15, 0.2) is 0 Å². The topological polar surface area (TPSA) is 111 Å². The summed E-state index contributed by atoms with van der Waals surface area (Å²) in [5.41, 5.74) is 0.492. The van der Waals surface area contributed by atoms with Crippen LogP contribution < -0.4 is 4.72 Å². The van der Waals surface area contributed by atoms with Crippen LogP contribution in [-0.2, 0) is 10.4 Å². The summed E-state index contributed by atoms with van der Waals surface area (Å²) in [6.07, 6.45) is 4.25. The highest BCUT2D eigenvalue weighted by molar-refractivity contribution is 8.25. The maximum atomic E-state index is 13.3. The summed E-state index contributed by atoms with van der Waals surface area (Å²) in [6, 6.07) is 13.8. The quantitative estimate of drug-likeness (QED) is 0.237. The molecule has 4 N–H and O–H groups in total. The molecule has 36 heavy (non-hydrogen) atoms. The first-order chi connectivity index (χ1) is 17.2. The Morgan fingerprint density at radius 2 is 1.89 bits per heavy atom. The van der Waals surface area contributed by atoms with Crippen molar-refractivity contribution in [2.24, 2.45) is 0 Å². The van der Waals surface area contributed by atoms with Crippen LogP contribution in [0.15, 0.2) is 71.2 Å². The predicted octanol–water partition coefficient (Wildman–Crippen LogP) is 5.96. The number of thiazole rings is 1. The number of nitrogens with zero attached hydrogens (tertiary/aromatic N) is 3. The van der Waals surface area contributed by atoms with Gasteiger partial charge in [0.2, 0.25) is 11.0 Å². The van der Waals surface area contributed by atoms with Gasteiger partial charge in [0.05, 0.1) is 16.0 Å². The summed E-state index contributed by atoms with van der Waals surface area (Å²) in [6.45, 7) is 2.71. The van der Waals surface area contributed by atoms with E-state index in [4.69, 9.17) is 11.6 Å². The van der Waals surface area contributed by atoms with Gasteiger partial charge in [-0.2, -0.15) is 0 Å². The van der Waals surface area contributed by atoms with Crippen molar-refractivity contribution in [1.29, 1.82) is 0 Å². The zero-order valence-electron chi connectivity index (χ0n) is 19.5. The molecule has 0 bridgehead atoms. The van der Waals surface area contributed by atoms with Crippen molar-refractivity contribution in [3.05, 3.63) is 76.9 Å². The van der Waals surface area contributed by atoms with E-state index in [1.165, 1.54) is 11.3 Å². The number of amides is 1. The number of likely N-dealkylation sites (tertiary alicyclic amines) is 1. The molecule has 3 heterocycles. The minimum absolute atomic E-state index is 0.00733. The Balaban J connectivity index is 1.25. The second-order valence-electron chi connectivity index (χ2n) is 8.97. The molecule has 0 aliphatic carbocycles. The van der Waals surface area contributed by atoms with Gasteiger partial charge in [-0.1, -0.05) is 40.6 Å². The van der Waals surface area contributed by atoms with Gasteiger partial charge < -0.3 is 14.6 Å². The average molecular weight is 547 g/mol. The lowest BCUT2D eigenvalue weighted by molar-refractivity contribution is -0.138. The summed E-state index contributed by atoms with van der Waals surface area (Å²) < 4.78 is 25.6. The molecule has 5 rings (SSSR count). The van der Waals surface area contributed by atoms with E-state index < -0.39 is 22.4 Å². The second-order valence-corrected chi connectivity index (χ2v) is 12.1. The molecule has 4 aromatic rings. The standard InChI is InChI=1S/C25H27ClN4O4S2/c1-17(30-12-8-18-2-5-20(26)16-22(18)30)23(31)29-13-9-25(32,10-14-29)19-3-6-21(7-4-19)36(33,34)28-24-27-11-15-35-24/h2-8,11-12,15-17,32-34H,9-10,13-14H2,1H3,(H,27,28)/t17-/m1/s1. The van der Waals surface area contributed by atoms with Crippen LogP contribution >= 0.6 is 33.7 Å². The van der Waals surface area contributed by atoms with Crippen molar-refractivity contribution < 1.29 is 19.0 Å². The molecule has 190 valence electrons. The van der Waals surface area contributed by atoms with Crippen LogP contribution in [0.5, 0.6) is 0 Å². The van der Waals surface area contributed by atoms with Gasteiger partial charge >= 0.3 is 0 Å². The Bertz CT molecular complexity index is 1370. The van der Waals surface area contributed by atoms with Crippen LogP contribution in [0.2, 0.25) is 5.02 Å². The van der Waals surface area contributed by atoms with E-state index in [1.54, 1.807) is 40.7 Å². The number of aromatic nitrogens is 2. The molecule has 11 heteroatoms. The van der Waals surface area contributed by atoms with E-state index in [0.717, 1.165) is 10.9 Å². The minimum atomic E-state index is -3.27. The Morgan fingerprint density at radius 3 is 2.56 bits per heavy atom. The third kappa shape index (κ3) is 4.84. The molecule has 1 amide bonds. The molecule has 2 aromatic carbocycles. The van der Waals surface area contributed by atoms with E-state index in [9.17, 15) is 19.0 Å². The SMILES string of the molecule is C[C@H](C(=O)N1CCC(O)(c2ccc(S(O)(O)Nc3nccs3)cc2)CC1)n1ccc2ccc(Cl)cc21. The maximum Gasteiger partial charge on any atom is 0.245 e. The highest BCUT2D eigenvalue weighted by Gasteiger charge is 2.37. The number of hydrogen-bond donors (Lipinski definition) is 4. The highest BCUT2D eigenvalue weighted by Crippen LogP contribution is 2.48. The summed E-state index contributed by atoms with van der Waals surface area (Å²) >= 11 is 7.44. The first-order valence-corrected chi connectivity index (χ1v) is 14.3. The normalized spacial score (nSPS) is 17.2. The van der Waals surface area contributed by atoms with Crippen molar-refractivity contribution >= 4 is 55.7 Å². The van der Waals surface area contributed by atoms with Crippen LogP contribution in [0.1, 0.15) is 31.4 Å². The van der Waals surface area contributed by atoms with Crippen molar-refractivity contribution in [3.63, 3.8) is 0 Å². The van der Waals surface area contributed by atoms with E-state index in [1.807, 2.05) is 42.0 Å². The number of piperidine rings is 1. The molecule has 8 nitrogen and oxygen atoms in total. The number of fused-ring (bicyclic) bond motifs is 1. The zero-order chi connectivity index (χ0) is 25.5. The van der Waals surface area contributed by atoms with Gasteiger partial charge in [-0.3, -0.25) is 18.6 Å². The molecule has 0 radical (unpaired) electrons. The van der Waals surface area contributed by atoms with Gasteiger partial charge in [0, 0.05) is 35.9 Å². The third-order valence-electron chi connectivity index (χ3n) is 6.74. The predicted molar refractivity (Wildman–Crippen MR) is 145 cm³/mol. The lowest BCUT2D eigenvalue weighted by Gasteiger charge is -2.40. The van der Waals surface area contributed by atoms with E-state index in [2.05, 4.69) is 9.71 Å². The number of carbonyl (C=O) groups is 1. The van der Waals surface area contributed by atoms with Gasteiger partial charge in [0.1, 0.15) is 6.04 Å². The molecular weight excluding hydrogens is 520 g/mol. The highest BCUT2D eigenvalue weighted by atomic mass is 35.5. The summed E-state index contributed by atoms with van der Waals surface area (Å²) in [5.74, 6) is -0.00733. The zero-order valence-corrected chi connectivity index (χ0v) is 21.9. The van der Waals surface area contributed by atoms with Crippen molar-refractivity contribution in [1.82, 2.24) is 14.5 Å². The molecular formula is C25H27ClN4O4S2. The fourth-order valence-electron chi connectivity index (χ4n) is 4.64. The van der Waals surface area contributed by atoms with E-state index in [0.29, 0.717) is 46.5 Å². The molecule has 1 saturated heterocycles. The Hall–Kier alpha value is -2.60. The summed E-state index contributed by atoms with van der Waals surface area (Å²) in [5, 5.41) is 15.1. The summed E-state index contributed by atoms with van der Waals surface area (Å²) in [7, 11) is -3.27. The second kappa shape index (κ2) is 9.70. The van der Waals surface area contributed by atoms with Gasteiger partial charge in [-0.05, 0) is 61.0 Å². The monoisotopic (exact) mass is 546 g/mol. The van der Waals surface area contributed by atoms with Crippen LogP contribution in [0, 0.1) is 0 Å². The number of hydrogen-bond acceptors (Lipinski definition) is 7. The average Bonchev–Trinajstić information content (AvgIpc) is 3.53. The molecule has 1 atom stereocenters. The molecule has 2 aromatic heterocycles. The fraction of sp³-hybridized carbons (Fsp3) is 0.280. The maximum absolute atomic E-state index is 13.3. The lowest BCUT2D eigenvalue weighted by Crippen LogP contribution is -2.47. The van der Waals surface area contributed by atoms with E-state index >= 15 is 0 Å². The lowest BCUT2D eigenvalue weighted by atomic mass is 9.84. The van der Waals surface area contributed by atoms with Gasteiger partial charge in [-0.25, -0.2) is 4.98 Å². The summed E-state index contributed by atoms with van der Waals surface area (Å²) in [4.78, 5) is 19.4. The first kappa shape index (κ1) is 25.1. The Kier molecular flexibility index (Phi) is 6.75. The largest absolute Gasteiger partial charge is 0.385 e. The van der Waals surface area contributed by atoms with Gasteiger partial charge in [0.25, 0.3) is 0 Å². The molecule has 1 aliphatic rings. The van der Waals surface area contributed by atoms with Crippen LogP contribution in [0.25, 0.3) is 10.9 Å². The van der Waals surface area contributed by atoms with Crippen LogP contribution in [0.4, 0.5) is 5.13 Å². The van der Waals surface area contributed by atoms with Crippen molar-refractivity contribution in [3.8, 4) is 0 Å². The van der Waals surface area contributed by atoms with Crippen molar-refractivity contribution in [2.75, 3.05) is 17.8 Å². The number of carbonyl (C=O) groups excluding carboxylic acids is 1. The smallest absolute Gasteiger partial charge is 0.245 e. The fourth-order valence-corrected chi connectivity index (χ4v) is 6.65. The molecule has 0 spiro atoms. The Labute approximate surface area is 219 Å². The number of rotatable bonds is 6. The molecule has 1 aliphatic heterocycles. The minimum Gasteiger partial charge on any atom is -0.385 e. The Morgan fingerprint density at radius 1 is 1.17 bits per heavy atom. The molecule has 0 saturated carbocycles. The number of nitrogens with one attached hydrogen (secondary N) is 1. The third-order valence-corrected chi connectivity index (χ3v) is 9.20. The number of halogens is 1.